The van der Waals surface area contributed by atoms with Crippen molar-refractivity contribution in [1.82, 2.24) is 10.3 Å². The first-order valence-corrected chi connectivity index (χ1v) is 8.99. The minimum Gasteiger partial charge on any atom is -0.350 e. The maximum Gasteiger partial charge on any atom is 0.269 e. The van der Waals surface area contributed by atoms with Gasteiger partial charge in [-0.2, -0.15) is 0 Å². The molecule has 1 heterocycles. The van der Waals surface area contributed by atoms with Crippen LogP contribution in [-0.2, 0) is 0 Å². The maximum atomic E-state index is 12.8. The monoisotopic (exact) mass is 392 g/mol. The first kappa shape index (κ1) is 15.9. The molecule has 4 aromatic rings. The largest absolute Gasteiger partial charge is 0.350 e. The summed E-state index contributed by atoms with van der Waals surface area (Å²) in [6.07, 6.45) is 0. The first-order valence-electron chi connectivity index (χ1n) is 8.20. The maximum absolute atomic E-state index is 12.8. The smallest absolute Gasteiger partial charge is 0.269 e. The van der Waals surface area contributed by atoms with Crippen molar-refractivity contribution in [3.63, 3.8) is 0 Å². The molecule has 25 heavy (non-hydrogen) atoms. The van der Waals surface area contributed by atoms with Crippen molar-refractivity contribution in [1.29, 1.82) is 0 Å². The molecule has 0 aliphatic carbocycles. The third kappa shape index (κ3) is 2.83. The van der Waals surface area contributed by atoms with Crippen molar-refractivity contribution in [2.75, 3.05) is 0 Å². The van der Waals surface area contributed by atoms with Gasteiger partial charge < -0.3 is 10.3 Å². The van der Waals surface area contributed by atoms with Crippen LogP contribution < -0.4 is 5.32 Å². The zero-order chi connectivity index (χ0) is 17.4. The van der Waals surface area contributed by atoms with Crippen LogP contribution in [0.25, 0.3) is 21.7 Å². The quantitative estimate of drug-likeness (QED) is 0.469. The number of aromatic nitrogens is 1. The molecule has 3 nitrogen and oxygen atoms in total. The van der Waals surface area contributed by atoms with Gasteiger partial charge in [0.1, 0.15) is 5.69 Å². The fourth-order valence-corrected chi connectivity index (χ4v) is 3.86. The fourth-order valence-electron chi connectivity index (χ4n) is 3.24. The molecule has 1 unspecified atom stereocenters. The molecule has 4 rings (SSSR count). The van der Waals surface area contributed by atoms with Crippen LogP contribution in [0, 0.1) is 0 Å². The molecule has 0 saturated carbocycles. The topological polar surface area (TPSA) is 44.9 Å². The van der Waals surface area contributed by atoms with Crippen LogP contribution in [-0.4, -0.2) is 10.9 Å². The van der Waals surface area contributed by atoms with Crippen LogP contribution in [0.2, 0.25) is 0 Å². The highest BCUT2D eigenvalue weighted by molar-refractivity contribution is 9.10. The van der Waals surface area contributed by atoms with Crippen LogP contribution in [0.3, 0.4) is 0 Å². The Morgan fingerprint density at radius 2 is 1.64 bits per heavy atom. The van der Waals surface area contributed by atoms with Crippen LogP contribution in [0.5, 0.6) is 0 Å². The lowest BCUT2D eigenvalue weighted by molar-refractivity contribution is 0.0935. The number of hydrogen-bond donors (Lipinski definition) is 2. The summed E-state index contributed by atoms with van der Waals surface area (Å²) in [7, 11) is 0. The lowest BCUT2D eigenvalue weighted by Crippen LogP contribution is -2.27. The van der Waals surface area contributed by atoms with Crippen LogP contribution in [0.1, 0.15) is 29.0 Å². The molecule has 1 atom stereocenters. The molecule has 1 aromatic heterocycles. The van der Waals surface area contributed by atoms with E-state index < -0.39 is 0 Å². The second-order valence-corrected chi connectivity index (χ2v) is 6.92. The highest BCUT2D eigenvalue weighted by atomic mass is 79.9. The van der Waals surface area contributed by atoms with Crippen molar-refractivity contribution in [3.8, 4) is 0 Å². The number of halogens is 1. The number of benzene rings is 3. The van der Waals surface area contributed by atoms with Crippen molar-refractivity contribution in [2.45, 2.75) is 13.0 Å². The van der Waals surface area contributed by atoms with Gasteiger partial charge in [-0.1, -0.05) is 60.7 Å². The zero-order valence-electron chi connectivity index (χ0n) is 13.7. The summed E-state index contributed by atoms with van der Waals surface area (Å²) in [6.45, 7) is 2.01. The summed E-state index contributed by atoms with van der Waals surface area (Å²) in [6, 6.07) is 22.2. The molecule has 3 aromatic carbocycles. The number of rotatable bonds is 3. The average Bonchev–Trinajstić information content (AvgIpc) is 2.98. The van der Waals surface area contributed by atoms with Gasteiger partial charge in [-0.15, -0.1) is 0 Å². The van der Waals surface area contributed by atoms with E-state index in [2.05, 4.69) is 50.5 Å². The third-order valence-corrected chi connectivity index (χ3v) is 5.33. The van der Waals surface area contributed by atoms with Gasteiger partial charge in [-0.25, -0.2) is 0 Å². The standard InChI is InChI=1S/C21H17BrN2O/c1-13(15-11-6-8-14-7-2-3-9-16(14)15)23-21(25)20-19(22)17-10-4-5-12-18(17)24-20/h2-13,24H,1H3,(H,23,25). The predicted octanol–water partition coefficient (Wildman–Crippen LogP) is 5.57. The molecule has 0 aliphatic heterocycles. The molecule has 2 N–H and O–H groups in total. The van der Waals surface area contributed by atoms with E-state index in [1.165, 1.54) is 5.39 Å². The number of fused-ring (bicyclic) bond motifs is 2. The Morgan fingerprint density at radius 1 is 0.960 bits per heavy atom. The number of carbonyl (C=O) groups is 1. The van der Waals surface area contributed by atoms with E-state index in [0.717, 1.165) is 26.3 Å². The molecule has 0 spiro atoms. The van der Waals surface area contributed by atoms with Gasteiger partial charge in [-0.3, -0.25) is 4.79 Å². The third-order valence-electron chi connectivity index (χ3n) is 4.51. The van der Waals surface area contributed by atoms with Gasteiger partial charge in [0.15, 0.2) is 0 Å². The second kappa shape index (κ2) is 6.37. The normalized spacial score (nSPS) is 12.4. The Hall–Kier alpha value is -2.59. The SMILES string of the molecule is CC(NC(=O)c1[nH]c2ccccc2c1Br)c1cccc2ccccc12. The second-order valence-electron chi connectivity index (χ2n) is 6.12. The summed E-state index contributed by atoms with van der Waals surface area (Å²) in [4.78, 5) is 16.0. The van der Waals surface area contributed by atoms with E-state index in [1.807, 2.05) is 49.4 Å². The molecular formula is C21H17BrN2O. The van der Waals surface area contributed by atoms with E-state index in [0.29, 0.717) is 5.69 Å². The Morgan fingerprint density at radius 3 is 2.44 bits per heavy atom. The minimum atomic E-state index is -0.122. The lowest BCUT2D eigenvalue weighted by Gasteiger charge is -2.16. The summed E-state index contributed by atoms with van der Waals surface area (Å²) in [5.74, 6) is -0.122. The van der Waals surface area contributed by atoms with Gasteiger partial charge in [0, 0.05) is 10.9 Å². The number of hydrogen-bond acceptors (Lipinski definition) is 1. The molecule has 0 aliphatic rings. The number of aromatic amines is 1. The molecule has 1 amide bonds. The Bertz CT molecular complexity index is 1080. The number of carbonyl (C=O) groups excluding carboxylic acids is 1. The Balaban J connectivity index is 1.66. The van der Waals surface area contributed by atoms with Crippen molar-refractivity contribution < 1.29 is 4.79 Å². The van der Waals surface area contributed by atoms with Crippen LogP contribution in [0.4, 0.5) is 0 Å². The van der Waals surface area contributed by atoms with E-state index >= 15 is 0 Å². The molecule has 124 valence electrons. The number of amides is 1. The van der Waals surface area contributed by atoms with E-state index in [-0.39, 0.29) is 11.9 Å². The summed E-state index contributed by atoms with van der Waals surface area (Å²) in [5, 5.41) is 6.45. The number of para-hydroxylation sites is 1. The van der Waals surface area contributed by atoms with Gasteiger partial charge in [0.2, 0.25) is 0 Å². The summed E-state index contributed by atoms with van der Waals surface area (Å²) >= 11 is 3.55. The highest BCUT2D eigenvalue weighted by Gasteiger charge is 2.19. The zero-order valence-corrected chi connectivity index (χ0v) is 15.3. The van der Waals surface area contributed by atoms with E-state index in [9.17, 15) is 4.79 Å². The average molecular weight is 393 g/mol. The fraction of sp³-hybridized carbons (Fsp3) is 0.0952. The molecule has 0 saturated heterocycles. The van der Waals surface area contributed by atoms with Crippen LogP contribution in [0.15, 0.2) is 71.2 Å². The van der Waals surface area contributed by atoms with E-state index in [1.54, 1.807) is 0 Å². The molecule has 0 bridgehead atoms. The lowest BCUT2D eigenvalue weighted by atomic mass is 9.99. The summed E-state index contributed by atoms with van der Waals surface area (Å²) in [5.41, 5.74) is 2.60. The summed E-state index contributed by atoms with van der Waals surface area (Å²) < 4.78 is 0.797. The first-order chi connectivity index (χ1) is 12.1. The predicted molar refractivity (Wildman–Crippen MR) is 106 cm³/mol. The highest BCUT2D eigenvalue weighted by Crippen LogP contribution is 2.29. The van der Waals surface area contributed by atoms with E-state index in [4.69, 9.17) is 0 Å². The van der Waals surface area contributed by atoms with Crippen LogP contribution >= 0.6 is 15.9 Å². The minimum absolute atomic E-state index is 0.100. The van der Waals surface area contributed by atoms with Gasteiger partial charge in [0.05, 0.1) is 10.5 Å². The van der Waals surface area contributed by atoms with Crippen molar-refractivity contribution in [2.24, 2.45) is 0 Å². The van der Waals surface area contributed by atoms with Crippen molar-refractivity contribution >= 4 is 43.5 Å². The Kier molecular flexibility index (Phi) is 4.06. The molecule has 4 heteroatoms. The van der Waals surface area contributed by atoms with Gasteiger partial charge >= 0.3 is 0 Å². The Labute approximate surface area is 154 Å². The molecule has 0 radical (unpaired) electrons. The van der Waals surface area contributed by atoms with Gasteiger partial charge in [-0.05, 0) is 45.3 Å². The number of nitrogens with one attached hydrogen (secondary N) is 2. The molecule has 0 fully saturated rings. The number of H-pyrrole nitrogens is 1. The van der Waals surface area contributed by atoms with Crippen molar-refractivity contribution in [3.05, 3.63) is 82.5 Å². The molecular weight excluding hydrogens is 376 g/mol. The van der Waals surface area contributed by atoms with Gasteiger partial charge in [0.25, 0.3) is 5.91 Å².